The highest BCUT2D eigenvalue weighted by atomic mass is 14.7. The molecule has 0 amide bonds. The number of nitrogens with one attached hydrogen (secondary N) is 1. The zero-order chi connectivity index (χ0) is 11.4. The highest BCUT2D eigenvalue weighted by molar-refractivity contribution is 5.73. The Morgan fingerprint density at radius 2 is 1.75 bits per heavy atom. The Kier molecular flexibility index (Phi) is 3.06. The largest absolute Gasteiger partial charge is 0.359 e. The van der Waals surface area contributed by atoms with Crippen LogP contribution in [-0.4, -0.2) is 4.98 Å². The summed E-state index contributed by atoms with van der Waals surface area (Å²) < 4.78 is 0. The summed E-state index contributed by atoms with van der Waals surface area (Å²) in [4.78, 5) is 3.27. The van der Waals surface area contributed by atoms with E-state index in [-0.39, 0.29) is 0 Å². The van der Waals surface area contributed by atoms with Crippen molar-refractivity contribution in [3.05, 3.63) is 65.5 Å². The minimum Gasteiger partial charge on any atom is -0.359 e. The zero-order valence-corrected chi connectivity index (χ0v) is 9.40. The average Bonchev–Trinajstić information content (AvgIpc) is 2.73. The van der Waals surface area contributed by atoms with Gasteiger partial charge in [0, 0.05) is 11.4 Å². The van der Waals surface area contributed by atoms with Crippen LogP contribution < -0.4 is 0 Å². The smallest absolute Gasteiger partial charge is 0.0382 e. The molecule has 2 rings (SSSR count). The minimum atomic E-state index is 1.12. The van der Waals surface area contributed by atoms with Gasteiger partial charge in [-0.3, -0.25) is 0 Å². The van der Waals surface area contributed by atoms with Gasteiger partial charge >= 0.3 is 0 Å². The van der Waals surface area contributed by atoms with Crippen LogP contribution in [0.4, 0.5) is 0 Å². The van der Waals surface area contributed by atoms with E-state index in [0.717, 1.165) is 11.3 Å². The molecule has 0 unspecified atom stereocenters. The van der Waals surface area contributed by atoms with Crippen molar-refractivity contribution in [1.82, 2.24) is 4.98 Å². The molecule has 0 bridgehead atoms. The van der Waals surface area contributed by atoms with E-state index in [1.807, 2.05) is 18.2 Å². The summed E-state index contributed by atoms with van der Waals surface area (Å²) in [7, 11) is 0. The second-order valence-corrected chi connectivity index (χ2v) is 3.76. The molecule has 1 heteroatoms. The summed E-state index contributed by atoms with van der Waals surface area (Å²) in [6.07, 6.45) is 6.05. The molecule has 0 saturated carbocycles. The fourth-order valence-corrected chi connectivity index (χ4v) is 1.65. The third-order valence-corrected chi connectivity index (χ3v) is 2.51. The van der Waals surface area contributed by atoms with Crippen molar-refractivity contribution in [1.29, 1.82) is 0 Å². The SMILES string of the molecule is C=Cc1ccccc1/C=C\c1ccc(C)[nH]1. The lowest BCUT2D eigenvalue weighted by molar-refractivity contribution is 1.25. The Morgan fingerprint density at radius 1 is 1.00 bits per heavy atom. The van der Waals surface area contributed by atoms with Gasteiger partial charge in [0.25, 0.3) is 0 Å². The fourth-order valence-electron chi connectivity index (χ4n) is 1.65. The quantitative estimate of drug-likeness (QED) is 0.782. The van der Waals surface area contributed by atoms with Gasteiger partial charge in [-0.15, -0.1) is 0 Å². The molecule has 1 nitrogen and oxygen atoms in total. The van der Waals surface area contributed by atoms with Crippen LogP contribution in [0.25, 0.3) is 18.2 Å². The minimum absolute atomic E-state index is 1.12. The van der Waals surface area contributed by atoms with Crippen molar-refractivity contribution < 1.29 is 0 Å². The van der Waals surface area contributed by atoms with E-state index >= 15 is 0 Å². The van der Waals surface area contributed by atoms with E-state index in [1.165, 1.54) is 11.3 Å². The summed E-state index contributed by atoms with van der Waals surface area (Å²) in [5, 5.41) is 0. The first-order chi connectivity index (χ1) is 7.79. The Bertz CT molecular complexity index is 518. The van der Waals surface area contributed by atoms with E-state index in [4.69, 9.17) is 0 Å². The predicted octanol–water partition coefficient (Wildman–Crippen LogP) is 4.14. The normalized spacial score (nSPS) is 10.8. The molecule has 2 aromatic rings. The molecule has 0 atom stereocenters. The van der Waals surface area contributed by atoms with Crippen molar-refractivity contribution in [2.24, 2.45) is 0 Å². The van der Waals surface area contributed by atoms with E-state index in [1.54, 1.807) is 0 Å². The number of rotatable bonds is 3. The second-order valence-electron chi connectivity index (χ2n) is 3.76. The van der Waals surface area contributed by atoms with E-state index in [0.29, 0.717) is 0 Å². The lowest BCUT2D eigenvalue weighted by Crippen LogP contribution is -1.78. The number of aryl methyl sites for hydroxylation is 1. The van der Waals surface area contributed by atoms with E-state index < -0.39 is 0 Å². The molecule has 0 fully saturated rings. The summed E-state index contributed by atoms with van der Waals surface area (Å²) in [5.74, 6) is 0. The van der Waals surface area contributed by atoms with Crippen LogP contribution >= 0.6 is 0 Å². The number of hydrogen-bond acceptors (Lipinski definition) is 0. The molecule has 0 aliphatic carbocycles. The lowest BCUT2D eigenvalue weighted by Gasteiger charge is -1.98. The predicted molar refractivity (Wildman–Crippen MR) is 71.0 cm³/mol. The first-order valence-electron chi connectivity index (χ1n) is 5.35. The molecular weight excluding hydrogens is 194 g/mol. The van der Waals surface area contributed by atoms with Gasteiger partial charge in [-0.2, -0.15) is 0 Å². The zero-order valence-electron chi connectivity index (χ0n) is 9.40. The monoisotopic (exact) mass is 209 g/mol. The Morgan fingerprint density at radius 3 is 2.38 bits per heavy atom. The van der Waals surface area contributed by atoms with Gasteiger partial charge in [0.05, 0.1) is 0 Å². The standard InChI is InChI=1S/C15H15N/c1-3-13-6-4-5-7-14(13)9-11-15-10-8-12(2)16-15/h3-11,16H,1H2,2H3/b11-9-. The van der Waals surface area contributed by atoms with Crippen LogP contribution in [0.2, 0.25) is 0 Å². The third kappa shape index (κ3) is 2.31. The van der Waals surface area contributed by atoms with Crippen molar-refractivity contribution in [2.75, 3.05) is 0 Å². The number of aromatic nitrogens is 1. The Balaban J connectivity index is 2.26. The van der Waals surface area contributed by atoms with Crippen molar-refractivity contribution in [3.8, 4) is 0 Å². The second kappa shape index (κ2) is 4.67. The lowest BCUT2D eigenvalue weighted by atomic mass is 10.1. The van der Waals surface area contributed by atoms with E-state index in [2.05, 4.69) is 54.9 Å². The summed E-state index contributed by atoms with van der Waals surface area (Å²) in [5.41, 5.74) is 4.64. The van der Waals surface area contributed by atoms with Gasteiger partial charge in [0.1, 0.15) is 0 Å². The number of aromatic amines is 1. The molecule has 0 aliphatic rings. The molecule has 16 heavy (non-hydrogen) atoms. The number of benzene rings is 1. The van der Waals surface area contributed by atoms with Crippen LogP contribution in [0, 0.1) is 6.92 Å². The van der Waals surface area contributed by atoms with Gasteiger partial charge in [0.15, 0.2) is 0 Å². The molecule has 0 aliphatic heterocycles. The molecule has 0 saturated heterocycles. The van der Waals surface area contributed by atoms with Crippen molar-refractivity contribution >= 4 is 18.2 Å². The van der Waals surface area contributed by atoms with Gasteiger partial charge in [0.2, 0.25) is 0 Å². The van der Waals surface area contributed by atoms with Gasteiger partial charge < -0.3 is 4.98 Å². The fraction of sp³-hybridized carbons (Fsp3) is 0.0667. The number of hydrogen-bond donors (Lipinski definition) is 1. The number of H-pyrrole nitrogens is 1. The third-order valence-electron chi connectivity index (χ3n) is 2.51. The summed E-state index contributed by atoms with van der Waals surface area (Å²) in [6.45, 7) is 5.86. The maximum atomic E-state index is 3.81. The Labute approximate surface area is 96.1 Å². The molecule has 1 heterocycles. The van der Waals surface area contributed by atoms with Gasteiger partial charge in [-0.25, -0.2) is 0 Å². The summed E-state index contributed by atoms with van der Waals surface area (Å²) in [6, 6.07) is 12.3. The summed E-state index contributed by atoms with van der Waals surface area (Å²) >= 11 is 0. The van der Waals surface area contributed by atoms with Crippen LogP contribution in [0.3, 0.4) is 0 Å². The maximum Gasteiger partial charge on any atom is 0.0382 e. The van der Waals surface area contributed by atoms with Crippen molar-refractivity contribution in [3.63, 3.8) is 0 Å². The molecular formula is C15H15N. The first-order valence-corrected chi connectivity index (χ1v) is 5.35. The van der Waals surface area contributed by atoms with Crippen LogP contribution in [0.1, 0.15) is 22.5 Å². The molecule has 1 N–H and O–H groups in total. The first kappa shape index (κ1) is 10.5. The van der Waals surface area contributed by atoms with E-state index in [9.17, 15) is 0 Å². The highest BCUT2D eigenvalue weighted by Gasteiger charge is 1.94. The molecule has 0 spiro atoms. The highest BCUT2D eigenvalue weighted by Crippen LogP contribution is 2.13. The van der Waals surface area contributed by atoms with Crippen LogP contribution in [0.15, 0.2) is 43.0 Å². The maximum absolute atomic E-state index is 3.81. The molecule has 80 valence electrons. The average molecular weight is 209 g/mol. The molecule has 1 aromatic heterocycles. The topological polar surface area (TPSA) is 15.8 Å². The Hall–Kier alpha value is -2.02. The van der Waals surface area contributed by atoms with Gasteiger partial charge in [-0.05, 0) is 36.3 Å². The van der Waals surface area contributed by atoms with Crippen molar-refractivity contribution in [2.45, 2.75) is 6.92 Å². The van der Waals surface area contributed by atoms with Crippen LogP contribution in [-0.2, 0) is 0 Å². The molecule has 0 radical (unpaired) electrons. The van der Waals surface area contributed by atoms with Crippen LogP contribution in [0.5, 0.6) is 0 Å². The van der Waals surface area contributed by atoms with Gasteiger partial charge in [-0.1, -0.05) is 43.0 Å². The molecule has 1 aromatic carbocycles.